The lowest BCUT2D eigenvalue weighted by Gasteiger charge is -2.18. The Morgan fingerprint density at radius 3 is 2.56 bits per heavy atom. The number of nitrogens with one attached hydrogen (secondary N) is 1. The van der Waals surface area contributed by atoms with E-state index in [1.54, 1.807) is 20.3 Å². The SMILES string of the molecule is COc1ccc(CCOc2cccc(-c3cccc(NC(=O)c4cccc5c4OC(C)(C)C5)c3)n2)cc1OC. The molecule has 0 saturated carbocycles. The number of fused-ring (bicyclic) bond motifs is 1. The van der Waals surface area contributed by atoms with Gasteiger partial charge in [0.05, 0.1) is 32.1 Å². The molecular weight excluding hydrogens is 492 g/mol. The van der Waals surface area contributed by atoms with Crippen molar-refractivity contribution in [2.24, 2.45) is 0 Å². The van der Waals surface area contributed by atoms with Crippen LogP contribution in [0.15, 0.2) is 78.9 Å². The highest BCUT2D eigenvalue weighted by Gasteiger charge is 2.33. The van der Waals surface area contributed by atoms with Gasteiger partial charge in [0.25, 0.3) is 5.91 Å². The molecule has 7 nitrogen and oxygen atoms in total. The Balaban J connectivity index is 1.25. The number of methoxy groups -OCH3 is 2. The van der Waals surface area contributed by atoms with E-state index in [0.29, 0.717) is 47.4 Å². The van der Waals surface area contributed by atoms with Gasteiger partial charge in [-0.15, -0.1) is 0 Å². The van der Waals surface area contributed by atoms with E-state index in [1.165, 1.54) is 0 Å². The molecule has 0 spiro atoms. The van der Waals surface area contributed by atoms with Crippen molar-refractivity contribution in [3.63, 3.8) is 0 Å². The molecule has 200 valence electrons. The van der Waals surface area contributed by atoms with E-state index in [4.69, 9.17) is 18.9 Å². The van der Waals surface area contributed by atoms with Crippen molar-refractivity contribution in [1.82, 2.24) is 4.98 Å². The van der Waals surface area contributed by atoms with Gasteiger partial charge < -0.3 is 24.3 Å². The lowest BCUT2D eigenvalue weighted by molar-refractivity contribution is 0.101. The Labute approximate surface area is 228 Å². The summed E-state index contributed by atoms with van der Waals surface area (Å²) in [6, 6.07) is 24.8. The van der Waals surface area contributed by atoms with Crippen LogP contribution in [0.25, 0.3) is 11.3 Å². The minimum atomic E-state index is -0.321. The second-order valence-electron chi connectivity index (χ2n) is 10.0. The van der Waals surface area contributed by atoms with Crippen LogP contribution >= 0.6 is 0 Å². The van der Waals surface area contributed by atoms with Crippen molar-refractivity contribution in [2.75, 3.05) is 26.1 Å². The Bertz CT molecular complexity index is 1500. The first kappa shape index (κ1) is 26.1. The molecule has 0 aliphatic carbocycles. The number of ether oxygens (including phenoxy) is 4. The number of hydrogen-bond donors (Lipinski definition) is 1. The smallest absolute Gasteiger partial charge is 0.259 e. The number of benzene rings is 3. The maximum absolute atomic E-state index is 13.2. The molecule has 2 heterocycles. The van der Waals surface area contributed by atoms with Crippen LogP contribution in [0.4, 0.5) is 5.69 Å². The summed E-state index contributed by atoms with van der Waals surface area (Å²) in [6.07, 6.45) is 1.47. The average Bonchev–Trinajstić information content (AvgIpc) is 3.27. The van der Waals surface area contributed by atoms with Gasteiger partial charge >= 0.3 is 0 Å². The van der Waals surface area contributed by atoms with Gasteiger partial charge in [-0.1, -0.05) is 36.4 Å². The van der Waals surface area contributed by atoms with Crippen molar-refractivity contribution >= 4 is 11.6 Å². The number of rotatable bonds is 9. The van der Waals surface area contributed by atoms with Gasteiger partial charge in [0.15, 0.2) is 11.5 Å². The Kier molecular flexibility index (Phi) is 7.41. The number of amides is 1. The predicted molar refractivity (Wildman–Crippen MR) is 151 cm³/mol. The number of hydrogen-bond acceptors (Lipinski definition) is 6. The standard InChI is InChI=1S/C32H32N2O5/c1-32(2)20-23-9-6-11-25(30(23)39-32)31(35)33-24-10-5-8-22(19-24)26-12-7-13-29(34-26)38-17-16-21-14-15-27(36-3)28(18-21)37-4/h5-15,18-19H,16-17,20H2,1-4H3,(H,33,35). The van der Waals surface area contributed by atoms with Crippen LogP contribution in [-0.4, -0.2) is 37.3 Å². The highest BCUT2D eigenvalue weighted by molar-refractivity contribution is 6.06. The van der Waals surface area contributed by atoms with Crippen LogP contribution in [0, 0.1) is 0 Å². The molecule has 1 aromatic heterocycles. The van der Waals surface area contributed by atoms with E-state index < -0.39 is 0 Å². The summed E-state index contributed by atoms with van der Waals surface area (Å²) >= 11 is 0. The Hall–Kier alpha value is -4.52. The highest BCUT2D eigenvalue weighted by Crippen LogP contribution is 2.38. The third-order valence-electron chi connectivity index (χ3n) is 6.56. The minimum Gasteiger partial charge on any atom is -0.493 e. The lowest BCUT2D eigenvalue weighted by Crippen LogP contribution is -2.25. The zero-order valence-corrected chi connectivity index (χ0v) is 22.6. The van der Waals surface area contributed by atoms with Crippen molar-refractivity contribution in [3.8, 4) is 34.4 Å². The number of nitrogens with zero attached hydrogens (tertiary/aromatic N) is 1. The zero-order chi connectivity index (χ0) is 27.4. The van der Waals surface area contributed by atoms with E-state index in [-0.39, 0.29) is 11.5 Å². The van der Waals surface area contributed by atoms with Gasteiger partial charge in [-0.25, -0.2) is 4.98 Å². The molecule has 0 unspecified atom stereocenters. The third kappa shape index (κ3) is 5.98. The van der Waals surface area contributed by atoms with Crippen LogP contribution in [0.1, 0.15) is 35.3 Å². The van der Waals surface area contributed by atoms with E-state index in [0.717, 1.165) is 28.8 Å². The second-order valence-corrected chi connectivity index (χ2v) is 10.0. The summed E-state index contributed by atoms with van der Waals surface area (Å²) in [5.74, 6) is 2.37. The summed E-state index contributed by atoms with van der Waals surface area (Å²) in [5.41, 5.74) is 4.63. The number of carbonyl (C=O) groups excluding carboxylic acids is 1. The molecular formula is C32H32N2O5. The third-order valence-corrected chi connectivity index (χ3v) is 6.56. The monoisotopic (exact) mass is 524 g/mol. The number of anilines is 1. The quantitative estimate of drug-likeness (QED) is 0.275. The van der Waals surface area contributed by atoms with Gasteiger partial charge in [-0.05, 0) is 61.4 Å². The average molecular weight is 525 g/mol. The normalized spacial score (nSPS) is 13.2. The summed E-state index contributed by atoms with van der Waals surface area (Å²) in [6.45, 7) is 4.51. The first-order valence-electron chi connectivity index (χ1n) is 12.9. The van der Waals surface area contributed by atoms with Gasteiger partial charge in [0.2, 0.25) is 5.88 Å². The molecule has 4 aromatic rings. The summed E-state index contributed by atoms with van der Waals surface area (Å²) < 4.78 is 22.7. The summed E-state index contributed by atoms with van der Waals surface area (Å²) in [5, 5.41) is 3.01. The van der Waals surface area contributed by atoms with E-state index in [1.807, 2.05) is 86.6 Å². The number of pyridine rings is 1. The van der Waals surface area contributed by atoms with Crippen molar-refractivity contribution in [2.45, 2.75) is 32.3 Å². The molecule has 1 aliphatic heterocycles. The fraction of sp³-hybridized carbons (Fsp3) is 0.250. The predicted octanol–water partition coefficient (Wildman–Crippen LogP) is 6.35. The lowest BCUT2D eigenvalue weighted by atomic mass is 10.0. The second kappa shape index (κ2) is 11.1. The Morgan fingerprint density at radius 2 is 1.74 bits per heavy atom. The summed E-state index contributed by atoms with van der Waals surface area (Å²) in [7, 11) is 3.24. The number of aromatic nitrogens is 1. The van der Waals surface area contributed by atoms with Gasteiger partial charge in [0.1, 0.15) is 11.4 Å². The molecule has 3 aromatic carbocycles. The van der Waals surface area contributed by atoms with Crippen LogP contribution < -0.4 is 24.3 Å². The highest BCUT2D eigenvalue weighted by atomic mass is 16.5. The minimum absolute atomic E-state index is 0.207. The topological polar surface area (TPSA) is 78.9 Å². The molecule has 1 aliphatic rings. The van der Waals surface area contributed by atoms with Crippen molar-refractivity contribution < 1.29 is 23.7 Å². The van der Waals surface area contributed by atoms with Crippen LogP contribution in [-0.2, 0) is 12.8 Å². The van der Waals surface area contributed by atoms with Crippen LogP contribution in [0.3, 0.4) is 0 Å². The molecule has 5 rings (SSSR count). The maximum atomic E-state index is 13.2. The molecule has 0 fully saturated rings. The largest absolute Gasteiger partial charge is 0.493 e. The number of para-hydroxylation sites is 1. The van der Waals surface area contributed by atoms with E-state index in [2.05, 4.69) is 10.3 Å². The Morgan fingerprint density at radius 1 is 0.949 bits per heavy atom. The fourth-order valence-corrected chi connectivity index (χ4v) is 4.71. The van der Waals surface area contributed by atoms with E-state index in [9.17, 15) is 4.79 Å². The van der Waals surface area contributed by atoms with Gasteiger partial charge in [0, 0.05) is 30.2 Å². The molecule has 1 amide bonds. The molecule has 0 atom stereocenters. The molecule has 39 heavy (non-hydrogen) atoms. The molecule has 1 N–H and O–H groups in total. The van der Waals surface area contributed by atoms with Gasteiger partial charge in [-0.3, -0.25) is 4.79 Å². The first-order valence-corrected chi connectivity index (χ1v) is 12.9. The zero-order valence-electron chi connectivity index (χ0n) is 22.6. The van der Waals surface area contributed by atoms with Crippen molar-refractivity contribution in [3.05, 3.63) is 95.6 Å². The summed E-state index contributed by atoms with van der Waals surface area (Å²) in [4.78, 5) is 17.8. The maximum Gasteiger partial charge on any atom is 0.259 e. The van der Waals surface area contributed by atoms with Crippen LogP contribution in [0.2, 0.25) is 0 Å². The van der Waals surface area contributed by atoms with Gasteiger partial charge in [-0.2, -0.15) is 0 Å². The fourth-order valence-electron chi connectivity index (χ4n) is 4.71. The van der Waals surface area contributed by atoms with Crippen molar-refractivity contribution in [1.29, 1.82) is 0 Å². The van der Waals surface area contributed by atoms with Crippen LogP contribution in [0.5, 0.6) is 23.1 Å². The first-order chi connectivity index (χ1) is 18.8. The molecule has 7 heteroatoms. The van der Waals surface area contributed by atoms with E-state index >= 15 is 0 Å². The molecule has 0 bridgehead atoms. The molecule has 0 saturated heterocycles. The number of carbonyl (C=O) groups is 1. The molecule has 0 radical (unpaired) electrons.